The van der Waals surface area contributed by atoms with E-state index in [4.69, 9.17) is 0 Å². The lowest BCUT2D eigenvalue weighted by molar-refractivity contribution is -1.37. The Bertz CT molecular complexity index is 83.5. The van der Waals surface area contributed by atoms with Crippen molar-refractivity contribution < 1.29 is 19.6 Å². The molecule has 0 aliphatic heterocycles. The van der Waals surface area contributed by atoms with E-state index in [0.29, 0.717) is 0 Å². The van der Waals surface area contributed by atoms with Crippen molar-refractivity contribution in [2.75, 3.05) is 21.3 Å². The Morgan fingerprint density at radius 3 is 1.44 bits per heavy atom. The van der Waals surface area contributed by atoms with Gasteiger partial charge in [-0.15, -0.1) is 14.5 Å². The molecule has 0 aromatic rings. The first-order valence-electron chi connectivity index (χ1n) is 2.29. The third kappa shape index (κ3) is 1.72. The van der Waals surface area contributed by atoms with Crippen molar-refractivity contribution in [2.24, 2.45) is 5.10 Å². The highest BCUT2D eigenvalue weighted by molar-refractivity contribution is 5.20. The molecule has 0 saturated carbocycles. The Morgan fingerprint density at radius 2 is 1.44 bits per heavy atom. The zero-order valence-corrected chi connectivity index (χ0v) is 5.83. The molecule has 0 heterocycles. The van der Waals surface area contributed by atoms with Crippen molar-refractivity contribution in [1.29, 1.82) is 0 Å². The fourth-order valence-electron chi connectivity index (χ4n) is 0.397. The van der Waals surface area contributed by atoms with Crippen LogP contribution in [0.3, 0.4) is 0 Å². The Kier molecular flexibility index (Phi) is 3.33. The van der Waals surface area contributed by atoms with E-state index in [9.17, 15) is 0 Å². The fraction of sp³-hybridized carbons (Fsp3) is 0.750. The third-order valence-electron chi connectivity index (χ3n) is 0.865. The van der Waals surface area contributed by atoms with Crippen molar-refractivity contribution in [3.63, 3.8) is 0 Å². The maximum Gasteiger partial charge on any atom is 0.223 e. The van der Waals surface area contributed by atoms with Crippen molar-refractivity contribution in [3.8, 4) is 0 Å². The lowest BCUT2D eigenvalue weighted by atomic mass is 11.6. The zero-order chi connectivity index (χ0) is 7.33. The van der Waals surface area contributed by atoms with Gasteiger partial charge in [0.15, 0.2) is 0 Å². The molecule has 0 aliphatic carbocycles. The Hall–Kier alpha value is -0.490. The minimum absolute atomic E-state index is 0.708. The third-order valence-corrected chi connectivity index (χ3v) is 0.865. The average molecular weight is 135 g/mol. The van der Waals surface area contributed by atoms with Gasteiger partial charge in [-0.1, -0.05) is 0 Å². The van der Waals surface area contributed by atoms with Crippen LogP contribution in [0, 0.1) is 0 Å². The Labute approximate surface area is 53.9 Å². The zero-order valence-electron chi connectivity index (χ0n) is 5.83. The van der Waals surface area contributed by atoms with Crippen LogP contribution >= 0.6 is 0 Å². The molecular weight excluding hydrogens is 124 g/mol. The quantitative estimate of drug-likeness (QED) is 0.312. The highest BCUT2D eigenvalue weighted by Gasteiger charge is 2.28. The maximum atomic E-state index is 4.65. The van der Waals surface area contributed by atoms with Gasteiger partial charge in [-0.2, -0.15) is 0 Å². The van der Waals surface area contributed by atoms with Crippen LogP contribution < -0.4 is 0 Å². The lowest BCUT2D eigenvalue weighted by Crippen LogP contribution is -2.38. The van der Waals surface area contributed by atoms with E-state index in [1.54, 1.807) is 0 Å². The molecule has 0 amide bonds. The molecule has 0 aromatic heterocycles. The number of quaternary nitrogens is 1. The van der Waals surface area contributed by atoms with E-state index < -0.39 is 5.08 Å². The average Bonchev–Trinajstić information content (AvgIpc) is 1.95. The van der Waals surface area contributed by atoms with Crippen LogP contribution in [-0.2, 0) is 14.5 Å². The molecular formula is C4H11N2O3+. The minimum Gasteiger partial charge on any atom is -0.106 e. The van der Waals surface area contributed by atoms with E-state index in [0.717, 1.165) is 0 Å². The van der Waals surface area contributed by atoms with Gasteiger partial charge in [0.05, 0.1) is 6.72 Å². The molecule has 0 bridgehead atoms. The van der Waals surface area contributed by atoms with E-state index in [1.165, 1.54) is 21.3 Å². The normalized spacial score (nSPS) is 11.4. The summed E-state index contributed by atoms with van der Waals surface area (Å²) in [5, 5.41) is 2.69. The summed E-state index contributed by atoms with van der Waals surface area (Å²) in [5.74, 6) is 0. The predicted molar refractivity (Wildman–Crippen MR) is 30.8 cm³/mol. The van der Waals surface area contributed by atoms with Crippen LogP contribution in [0.5, 0.6) is 0 Å². The van der Waals surface area contributed by atoms with Gasteiger partial charge in [0.2, 0.25) is 5.08 Å². The molecule has 0 spiro atoms. The fourth-order valence-corrected chi connectivity index (χ4v) is 0.397. The summed E-state index contributed by atoms with van der Waals surface area (Å²) < 4.78 is 0. The summed E-state index contributed by atoms with van der Waals surface area (Å²) in [7, 11) is 4.17. The molecule has 5 heteroatoms. The first-order valence-corrected chi connectivity index (χ1v) is 2.29. The van der Waals surface area contributed by atoms with Crippen LogP contribution in [0.15, 0.2) is 5.10 Å². The Balaban J connectivity index is 3.98. The first-order chi connectivity index (χ1) is 4.24. The topological polar surface area (TPSA) is 40.0 Å². The van der Waals surface area contributed by atoms with Crippen molar-refractivity contribution in [2.45, 2.75) is 0 Å². The van der Waals surface area contributed by atoms with Crippen LogP contribution in [0.2, 0.25) is 0 Å². The molecule has 5 nitrogen and oxygen atoms in total. The number of hydrogen-bond acceptors (Lipinski definition) is 4. The van der Waals surface area contributed by atoms with Gasteiger partial charge >= 0.3 is 0 Å². The van der Waals surface area contributed by atoms with Gasteiger partial charge in [0.1, 0.15) is 21.3 Å². The van der Waals surface area contributed by atoms with E-state index in [2.05, 4.69) is 26.3 Å². The van der Waals surface area contributed by atoms with Crippen molar-refractivity contribution in [3.05, 3.63) is 0 Å². The van der Waals surface area contributed by atoms with E-state index >= 15 is 0 Å². The maximum absolute atomic E-state index is 4.65. The van der Waals surface area contributed by atoms with Crippen LogP contribution in [-0.4, -0.2) is 33.1 Å². The summed E-state index contributed by atoms with van der Waals surface area (Å²) in [6.07, 6.45) is 0. The highest BCUT2D eigenvalue weighted by Crippen LogP contribution is 2.06. The summed E-state index contributed by atoms with van der Waals surface area (Å²) in [5.41, 5.74) is 0. The van der Waals surface area contributed by atoms with Crippen molar-refractivity contribution in [1.82, 2.24) is 0 Å². The standard InChI is InChI=1S/C4H11N2O3/c1-5-6(7-2,8-3)9-4/h1H2,2-4H3/q+1. The molecule has 0 rings (SSSR count). The smallest absolute Gasteiger partial charge is 0.106 e. The molecule has 0 atom stereocenters. The molecule has 54 valence electrons. The largest absolute Gasteiger partial charge is 0.223 e. The number of rotatable bonds is 4. The van der Waals surface area contributed by atoms with Gasteiger partial charge in [-0.3, -0.25) is 0 Å². The molecule has 0 radical (unpaired) electrons. The number of hydrogen-bond donors (Lipinski definition) is 0. The molecule has 0 aromatic carbocycles. The molecule has 0 saturated heterocycles. The highest BCUT2D eigenvalue weighted by atomic mass is 17.2. The molecule has 9 heavy (non-hydrogen) atoms. The summed E-state index contributed by atoms with van der Waals surface area (Å²) in [6.45, 7) is 3.19. The van der Waals surface area contributed by atoms with Gasteiger partial charge < -0.3 is 0 Å². The summed E-state index contributed by atoms with van der Waals surface area (Å²) in [4.78, 5) is 13.9. The van der Waals surface area contributed by atoms with Crippen LogP contribution in [0.4, 0.5) is 0 Å². The molecule has 0 aliphatic rings. The van der Waals surface area contributed by atoms with Gasteiger partial charge in [0.25, 0.3) is 0 Å². The van der Waals surface area contributed by atoms with Crippen LogP contribution in [0.1, 0.15) is 0 Å². The SMILES string of the molecule is C=N[N+](OC)(OC)OC. The van der Waals surface area contributed by atoms with E-state index in [-0.39, 0.29) is 0 Å². The molecule has 0 unspecified atom stereocenters. The summed E-state index contributed by atoms with van der Waals surface area (Å²) in [6, 6.07) is 0. The lowest BCUT2D eigenvalue weighted by Gasteiger charge is -2.16. The van der Waals surface area contributed by atoms with Gasteiger partial charge in [0, 0.05) is 5.10 Å². The second-order valence-electron chi connectivity index (χ2n) is 1.16. The first kappa shape index (κ1) is 8.51. The number of nitrogens with zero attached hydrogens (tertiary/aromatic N) is 2. The molecule has 0 N–H and O–H groups in total. The second kappa shape index (κ2) is 3.52. The predicted octanol–water partition coefficient (Wildman–Crippen LogP) is 0.103. The summed E-state index contributed by atoms with van der Waals surface area (Å²) >= 11 is 0. The Morgan fingerprint density at radius 1 is 1.11 bits per heavy atom. The van der Waals surface area contributed by atoms with Crippen LogP contribution in [0.25, 0.3) is 0 Å². The van der Waals surface area contributed by atoms with Gasteiger partial charge in [-0.25, -0.2) is 0 Å². The molecule has 0 fully saturated rings. The second-order valence-corrected chi connectivity index (χ2v) is 1.16. The minimum atomic E-state index is -0.708. The monoisotopic (exact) mass is 135 g/mol. The van der Waals surface area contributed by atoms with Gasteiger partial charge in [-0.05, 0) is 0 Å². The van der Waals surface area contributed by atoms with Crippen molar-refractivity contribution >= 4 is 6.72 Å². The van der Waals surface area contributed by atoms with E-state index in [1.807, 2.05) is 0 Å².